The van der Waals surface area contributed by atoms with E-state index >= 15 is 0 Å². The Labute approximate surface area is 238 Å². The summed E-state index contributed by atoms with van der Waals surface area (Å²) in [5, 5.41) is 12.1. The van der Waals surface area contributed by atoms with E-state index in [-0.39, 0.29) is 0 Å². The molecule has 0 fully saturated rings. The van der Waals surface area contributed by atoms with Gasteiger partial charge in [0.15, 0.2) is 0 Å². The fourth-order valence-electron chi connectivity index (χ4n) is 6.70. The van der Waals surface area contributed by atoms with E-state index in [1.54, 1.807) is 0 Å². The first-order valence-electron chi connectivity index (χ1n) is 15.1. The van der Waals surface area contributed by atoms with Crippen LogP contribution in [-0.2, 0) is 6.42 Å². The molecule has 5 rings (SSSR count). The van der Waals surface area contributed by atoms with Gasteiger partial charge in [-0.25, -0.2) is 15.0 Å². The molecule has 5 nitrogen and oxygen atoms in total. The van der Waals surface area contributed by atoms with Gasteiger partial charge in [0.1, 0.15) is 0 Å². The van der Waals surface area contributed by atoms with E-state index in [0.29, 0.717) is 0 Å². The highest BCUT2D eigenvalue weighted by Crippen LogP contribution is 2.37. The summed E-state index contributed by atoms with van der Waals surface area (Å²) in [4.78, 5) is 19.2. The molecule has 0 saturated heterocycles. The molecule has 0 amide bonds. The highest BCUT2D eigenvalue weighted by atomic mass is 16.2. The van der Waals surface area contributed by atoms with Gasteiger partial charge in [0.05, 0.1) is 45.8 Å². The summed E-state index contributed by atoms with van der Waals surface area (Å²) in [7, 11) is 0. The Morgan fingerprint density at radius 1 is 0.550 bits per heavy atom. The number of H-pyrrole nitrogens is 1. The van der Waals surface area contributed by atoms with Crippen LogP contribution in [0, 0.1) is 0 Å². The molecule has 1 aromatic heterocycles. The molecule has 0 saturated carbocycles. The zero-order chi connectivity index (χ0) is 28.6. The standard InChI is InChI=1S/C35H42N4O/c1-8-20-21(9-2)29-16-31-24(12-5)25(13-6)33(38-31)18-35-27(19-40)26(14-7)34(39-35)17-32-23(11-4)22(10-3)30(37-32)15-28(20)36-29/h15-19,39-40H,8-14H2,1-7H3/b27-19+,28-15?,31-16?,32-17?,35-18?. The maximum Gasteiger partial charge on any atom is 0.0888 e. The van der Waals surface area contributed by atoms with E-state index in [9.17, 15) is 5.11 Å². The third-order valence-electron chi connectivity index (χ3n) is 8.59. The zero-order valence-electron chi connectivity index (χ0n) is 25.1. The van der Waals surface area contributed by atoms with Crippen LogP contribution in [0.5, 0.6) is 0 Å². The molecule has 0 aromatic carbocycles. The van der Waals surface area contributed by atoms with Crippen LogP contribution in [0.1, 0.15) is 98.2 Å². The van der Waals surface area contributed by atoms with E-state index < -0.39 is 0 Å². The summed E-state index contributed by atoms with van der Waals surface area (Å²) in [5.74, 6) is 0. The van der Waals surface area contributed by atoms with Gasteiger partial charge in [0.2, 0.25) is 0 Å². The topological polar surface area (TPSA) is 73.1 Å². The van der Waals surface area contributed by atoms with Crippen molar-refractivity contribution < 1.29 is 5.11 Å². The minimum Gasteiger partial charge on any atom is -0.515 e. The van der Waals surface area contributed by atoms with Crippen LogP contribution >= 0.6 is 0 Å². The van der Waals surface area contributed by atoms with Crippen molar-refractivity contribution in [1.29, 1.82) is 0 Å². The maximum absolute atomic E-state index is 10.4. The molecular formula is C35H42N4O. The first-order chi connectivity index (χ1) is 19.5. The number of nitrogens with zero attached hydrogens (tertiary/aromatic N) is 3. The lowest BCUT2D eigenvalue weighted by atomic mass is 9.95. The normalized spacial score (nSPS) is 19.1. The number of rotatable bonds is 7. The van der Waals surface area contributed by atoms with Gasteiger partial charge in [-0.2, -0.15) is 0 Å². The van der Waals surface area contributed by atoms with Crippen LogP contribution in [-0.4, -0.2) is 27.2 Å². The van der Waals surface area contributed by atoms with Crippen molar-refractivity contribution in [3.63, 3.8) is 0 Å². The minimum atomic E-state index is 0.790. The highest BCUT2D eigenvalue weighted by molar-refractivity contribution is 6.24. The number of fused-ring (bicyclic) bond motifs is 5. The van der Waals surface area contributed by atoms with Gasteiger partial charge in [-0.1, -0.05) is 48.5 Å². The number of nitrogens with one attached hydrogen (secondary N) is 1. The van der Waals surface area contributed by atoms with E-state index in [2.05, 4.69) is 77.8 Å². The zero-order valence-corrected chi connectivity index (χ0v) is 25.1. The van der Waals surface area contributed by atoms with Crippen molar-refractivity contribution in [2.24, 2.45) is 15.0 Å². The summed E-state index contributed by atoms with van der Waals surface area (Å²) in [5.41, 5.74) is 15.8. The van der Waals surface area contributed by atoms with E-state index in [1.165, 1.54) is 39.7 Å². The van der Waals surface area contributed by atoms with E-state index in [4.69, 9.17) is 15.0 Å². The summed E-state index contributed by atoms with van der Waals surface area (Å²) in [6.45, 7) is 15.4. The average molecular weight is 535 g/mol. The lowest BCUT2D eigenvalue weighted by molar-refractivity contribution is 0.539. The van der Waals surface area contributed by atoms with Gasteiger partial charge in [-0.15, -0.1) is 0 Å². The Hall–Kier alpha value is -3.73. The summed E-state index contributed by atoms with van der Waals surface area (Å²) in [6, 6.07) is 0. The molecular weight excluding hydrogens is 492 g/mol. The number of aliphatic hydroxyl groups is 1. The Kier molecular flexibility index (Phi) is 7.93. The Balaban J connectivity index is 1.90. The lowest BCUT2D eigenvalue weighted by Crippen LogP contribution is -2.26. The SMILES string of the molecule is CCC1=C(CC)C2=NC1=CC1=NC(=Cc3[nH]c(/c(=C/O)c3CC)=CC3=NC(=C2)C(CC)=C3CC)C(CC)=C1CC. The third-order valence-corrected chi connectivity index (χ3v) is 8.59. The summed E-state index contributed by atoms with van der Waals surface area (Å²) in [6.07, 6.45) is 16.2. The van der Waals surface area contributed by atoms with Crippen molar-refractivity contribution in [2.75, 3.05) is 0 Å². The van der Waals surface area contributed by atoms with Crippen LogP contribution in [0.25, 0.3) is 18.4 Å². The number of aliphatic imine (C=N–C) groups is 3. The van der Waals surface area contributed by atoms with E-state index in [0.717, 1.165) is 101 Å². The number of aromatic amines is 1. The van der Waals surface area contributed by atoms with Crippen molar-refractivity contribution in [3.05, 3.63) is 84.5 Å². The van der Waals surface area contributed by atoms with Crippen LogP contribution < -0.4 is 10.6 Å². The molecule has 2 N–H and O–H groups in total. The predicted octanol–water partition coefficient (Wildman–Crippen LogP) is 7.49. The summed E-state index contributed by atoms with van der Waals surface area (Å²) >= 11 is 0. The molecule has 1 aromatic rings. The van der Waals surface area contributed by atoms with Crippen molar-refractivity contribution in [1.82, 2.24) is 4.98 Å². The van der Waals surface area contributed by atoms with Gasteiger partial charge >= 0.3 is 0 Å². The number of hydrogen-bond donors (Lipinski definition) is 2. The van der Waals surface area contributed by atoms with Gasteiger partial charge in [-0.05, 0) is 108 Å². The molecule has 4 aliphatic rings. The highest BCUT2D eigenvalue weighted by Gasteiger charge is 2.27. The van der Waals surface area contributed by atoms with E-state index in [1.807, 2.05) is 0 Å². The lowest BCUT2D eigenvalue weighted by Gasteiger charge is -2.07. The maximum atomic E-state index is 10.4. The average Bonchev–Trinajstić information content (AvgIpc) is 3.67. The van der Waals surface area contributed by atoms with Crippen LogP contribution in [0.15, 0.2) is 77.7 Å². The molecule has 0 atom stereocenters. The first-order valence-corrected chi connectivity index (χ1v) is 15.1. The molecule has 0 unspecified atom stereocenters. The largest absolute Gasteiger partial charge is 0.515 e. The monoisotopic (exact) mass is 534 g/mol. The smallest absolute Gasteiger partial charge is 0.0888 e. The fraction of sp³-hybridized carbons (Fsp3) is 0.400. The second kappa shape index (κ2) is 11.4. The second-order valence-electron chi connectivity index (χ2n) is 10.5. The van der Waals surface area contributed by atoms with Gasteiger partial charge in [0.25, 0.3) is 0 Å². The molecule has 208 valence electrons. The molecule has 5 heteroatoms. The summed E-state index contributed by atoms with van der Waals surface area (Å²) < 4.78 is 0. The Morgan fingerprint density at radius 2 is 0.950 bits per heavy atom. The van der Waals surface area contributed by atoms with Gasteiger partial charge in [-0.3, -0.25) is 0 Å². The fourth-order valence-corrected chi connectivity index (χ4v) is 6.70. The van der Waals surface area contributed by atoms with Crippen molar-refractivity contribution in [2.45, 2.75) is 93.4 Å². The van der Waals surface area contributed by atoms with Crippen molar-refractivity contribution >= 4 is 35.5 Å². The predicted molar refractivity (Wildman–Crippen MR) is 170 cm³/mol. The molecule has 4 aliphatic heterocycles. The van der Waals surface area contributed by atoms with Gasteiger partial charge < -0.3 is 10.1 Å². The first kappa shape index (κ1) is 27.8. The molecule has 5 heterocycles. The Bertz CT molecular complexity index is 1670. The number of hydrogen-bond acceptors (Lipinski definition) is 4. The van der Waals surface area contributed by atoms with Gasteiger partial charge in [0, 0.05) is 10.9 Å². The second-order valence-corrected chi connectivity index (χ2v) is 10.5. The molecule has 40 heavy (non-hydrogen) atoms. The molecule has 0 aliphatic carbocycles. The molecule has 8 bridgehead atoms. The number of aromatic nitrogens is 1. The number of aliphatic hydroxyl groups excluding tert-OH is 1. The van der Waals surface area contributed by atoms with Crippen LogP contribution in [0.2, 0.25) is 0 Å². The quantitative estimate of drug-likeness (QED) is 0.374. The van der Waals surface area contributed by atoms with Crippen LogP contribution in [0.4, 0.5) is 0 Å². The third kappa shape index (κ3) is 4.46. The minimum absolute atomic E-state index is 0.790. The van der Waals surface area contributed by atoms with Crippen molar-refractivity contribution in [3.8, 4) is 0 Å². The molecule has 0 radical (unpaired) electrons. The Morgan fingerprint density at radius 3 is 1.32 bits per heavy atom. The number of allylic oxidation sites excluding steroid dienone is 8. The van der Waals surface area contributed by atoms with Crippen LogP contribution in [0.3, 0.4) is 0 Å². The molecule has 0 spiro atoms.